The maximum atomic E-state index is 6.22. The summed E-state index contributed by atoms with van der Waals surface area (Å²) in [6, 6.07) is 13.1. The Hall–Kier alpha value is -1.65. The molecular formula is C24H37BClN3. The zero-order valence-corrected chi connectivity index (χ0v) is 20.0. The number of anilines is 2. The van der Waals surface area contributed by atoms with E-state index in [2.05, 4.69) is 107 Å². The summed E-state index contributed by atoms with van der Waals surface area (Å²) in [5.74, 6) is 1.67. The Morgan fingerprint density at radius 3 is 1.07 bits per heavy atom. The number of hydrogen-bond donors (Lipinski definition) is 3. The first-order chi connectivity index (χ1) is 13.7. The largest absolute Gasteiger partial charge is 0.477 e. The number of hydrogen-bond acceptors (Lipinski definition) is 3. The third kappa shape index (κ3) is 5.70. The molecule has 3 nitrogen and oxygen atoms in total. The molecule has 0 bridgehead atoms. The Bertz CT molecular complexity index is 685. The zero-order valence-electron chi connectivity index (χ0n) is 19.2. The molecule has 0 radical (unpaired) electrons. The molecule has 0 heterocycles. The van der Waals surface area contributed by atoms with Crippen LogP contribution in [0.15, 0.2) is 36.4 Å². The number of halogens is 1. The van der Waals surface area contributed by atoms with E-state index >= 15 is 0 Å². The second-order valence-electron chi connectivity index (χ2n) is 9.07. The van der Waals surface area contributed by atoms with E-state index in [4.69, 9.17) is 11.8 Å². The highest BCUT2D eigenvalue weighted by Gasteiger charge is 2.24. The molecule has 29 heavy (non-hydrogen) atoms. The lowest BCUT2D eigenvalue weighted by Crippen LogP contribution is -2.45. The van der Waals surface area contributed by atoms with Crippen molar-refractivity contribution in [3.63, 3.8) is 0 Å². The Morgan fingerprint density at radius 2 is 0.862 bits per heavy atom. The van der Waals surface area contributed by atoms with E-state index in [0.717, 1.165) is 11.4 Å². The van der Waals surface area contributed by atoms with E-state index in [1.54, 1.807) is 0 Å². The van der Waals surface area contributed by atoms with Crippen LogP contribution in [0.4, 0.5) is 11.4 Å². The topological polar surface area (TPSA) is 36.1 Å². The molecule has 0 saturated carbocycles. The van der Waals surface area contributed by atoms with Crippen molar-refractivity contribution in [2.24, 2.45) is 0 Å². The van der Waals surface area contributed by atoms with Crippen molar-refractivity contribution >= 4 is 30.3 Å². The van der Waals surface area contributed by atoms with Crippen molar-refractivity contribution < 1.29 is 0 Å². The van der Waals surface area contributed by atoms with Crippen LogP contribution in [0.5, 0.6) is 0 Å². The number of para-hydroxylation sites is 2. The maximum Gasteiger partial charge on any atom is 0.477 e. The first-order valence-corrected chi connectivity index (χ1v) is 11.2. The van der Waals surface area contributed by atoms with Crippen molar-refractivity contribution in [1.29, 1.82) is 0 Å². The average molecular weight is 414 g/mol. The van der Waals surface area contributed by atoms with E-state index in [-0.39, 0.29) is 7.12 Å². The smallest absolute Gasteiger partial charge is 0.394 e. The van der Waals surface area contributed by atoms with Gasteiger partial charge in [0.25, 0.3) is 0 Å². The Balaban J connectivity index is 2.46. The van der Waals surface area contributed by atoms with Gasteiger partial charge in [0.1, 0.15) is 0 Å². The minimum Gasteiger partial charge on any atom is -0.394 e. The first-order valence-electron chi connectivity index (χ1n) is 10.8. The van der Waals surface area contributed by atoms with E-state index in [1.807, 2.05) is 0 Å². The number of rotatable bonds is 9. The number of benzene rings is 2. The van der Waals surface area contributed by atoms with Gasteiger partial charge >= 0.3 is 7.12 Å². The minimum atomic E-state index is -0.300. The van der Waals surface area contributed by atoms with Crippen molar-refractivity contribution in [3.05, 3.63) is 58.7 Å². The summed E-state index contributed by atoms with van der Waals surface area (Å²) in [6.07, 6.45) is 0. The van der Waals surface area contributed by atoms with Gasteiger partial charge in [-0.25, -0.2) is 4.75 Å². The van der Waals surface area contributed by atoms with Crippen molar-refractivity contribution in [2.45, 2.75) is 79.1 Å². The average Bonchev–Trinajstić information content (AvgIpc) is 2.66. The van der Waals surface area contributed by atoms with Gasteiger partial charge in [-0.05, 0) is 57.7 Å². The molecule has 3 N–H and O–H groups in total. The Labute approximate surface area is 183 Å². The molecule has 0 fully saturated rings. The molecular weight excluding hydrogens is 377 g/mol. The summed E-state index contributed by atoms with van der Waals surface area (Å²) in [4.78, 5) is 0. The van der Waals surface area contributed by atoms with Gasteiger partial charge < -0.3 is 10.5 Å². The van der Waals surface area contributed by atoms with Gasteiger partial charge in [-0.15, -0.1) is 0 Å². The summed E-state index contributed by atoms with van der Waals surface area (Å²) >= 11 is 6.22. The molecule has 0 amide bonds. The standard InChI is InChI=1S/C24H37BClN3/c1-15(2)19-11-9-12-20(16(3)4)23(19)27-25(29-26)28-24-21(17(5)6)13-10-14-22(24)18(7)8/h9-18,27-29H,1-8H3. The van der Waals surface area contributed by atoms with Crippen molar-refractivity contribution in [3.8, 4) is 0 Å². The first kappa shape index (κ1) is 23.6. The van der Waals surface area contributed by atoms with Gasteiger partial charge in [0.15, 0.2) is 0 Å². The number of nitrogens with one attached hydrogen (secondary N) is 3. The summed E-state index contributed by atoms with van der Waals surface area (Å²) in [7, 11) is -0.300. The molecule has 0 atom stereocenters. The normalized spacial score (nSPS) is 11.6. The van der Waals surface area contributed by atoms with Gasteiger partial charge in [-0.2, -0.15) is 0 Å². The minimum absolute atomic E-state index is 0.300. The summed E-state index contributed by atoms with van der Waals surface area (Å²) in [5, 5.41) is 7.31. The molecule has 0 aliphatic heterocycles. The van der Waals surface area contributed by atoms with Crippen LogP contribution in [0.2, 0.25) is 0 Å². The van der Waals surface area contributed by atoms with Gasteiger partial charge in [-0.3, -0.25) is 0 Å². The summed E-state index contributed by atoms with van der Waals surface area (Å²) in [6.45, 7) is 17.8. The lowest BCUT2D eigenvalue weighted by molar-refractivity contribution is 0.837. The third-order valence-electron chi connectivity index (χ3n) is 5.43. The van der Waals surface area contributed by atoms with Gasteiger partial charge in [-0.1, -0.05) is 91.8 Å². The molecule has 2 aromatic rings. The SMILES string of the molecule is CC(C)c1cccc(C(C)C)c1NB(NCl)Nc1c(C(C)C)cccc1C(C)C. The molecule has 0 aromatic heterocycles. The second kappa shape index (κ2) is 10.4. The van der Waals surface area contributed by atoms with Crippen molar-refractivity contribution in [1.82, 2.24) is 4.75 Å². The maximum absolute atomic E-state index is 6.22. The molecule has 2 aromatic carbocycles. The fraction of sp³-hybridized carbons (Fsp3) is 0.500. The zero-order chi connectivity index (χ0) is 21.7. The van der Waals surface area contributed by atoms with Crippen LogP contribution < -0.4 is 15.2 Å². The molecule has 0 unspecified atom stereocenters. The van der Waals surface area contributed by atoms with Crippen LogP contribution in [-0.4, -0.2) is 7.12 Å². The highest BCUT2D eigenvalue weighted by atomic mass is 35.5. The lowest BCUT2D eigenvalue weighted by atomic mass is 9.85. The van der Waals surface area contributed by atoms with Crippen LogP contribution in [0.25, 0.3) is 0 Å². The second-order valence-corrected chi connectivity index (χ2v) is 9.29. The Kier molecular flexibility index (Phi) is 8.48. The summed E-state index contributed by atoms with van der Waals surface area (Å²) < 4.78 is 2.91. The molecule has 0 aliphatic rings. The monoisotopic (exact) mass is 413 g/mol. The van der Waals surface area contributed by atoms with Gasteiger partial charge in [0, 0.05) is 11.4 Å². The quantitative estimate of drug-likeness (QED) is 0.295. The fourth-order valence-corrected chi connectivity index (χ4v) is 3.92. The van der Waals surface area contributed by atoms with Crippen LogP contribution in [0.1, 0.15) is 101 Å². The highest BCUT2D eigenvalue weighted by molar-refractivity contribution is 6.68. The predicted molar refractivity (Wildman–Crippen MR) is 131 cm³/mol. The van der Waals surface area contributed by atoms with E-state index in [0.29, 0.717) is 23.7 Å². The molecule has 0 spiro atoms. The lowest BCUT2D eigenvalue weighted by Gasteiger charge is -2.27. The molecule has 0 saturated heterocycles. The van der Waals surface area contributed by atoms with Crippen LogP contribution >= 0.6 is 11.8 Å². The fourth-order valence-electron chi connectivity index (χ4n) is 3.81. The van der Waals surface area contributed by atoms with E-state index in [9.17, 15) is 0 Å². The van der Waals surface area contributed by atoms with E-state index in [1.165, 1.54) is 22.3 Å². The summed E-state index contributed by atoms with van der Waals surface area (Å²) in [5.41, 5.74) is 7.53. The van der Waals surface area contributed by atoms with Crippen LogP contribution in [-0.2, 0) is 0 Å². The molecule has 0 aliphatic carbocycles. The van der Waals surface area contributed by atoms with Crippen LogP contribution in [0, 0.1) is 0 Å². The Morgan fingerprint density at radius 1 is 0.586 bits per heavy atom. The van der Waals surface area contributed by atoms with Gasteiger partial charge in [0.2, 0.25) is 0 Å². The van der Waals surface area contributed by atoms with Crippen LogP contribution in [0.3, 0.4) is 0 Å². The highest BCUT2D eigenvalue weighted by Crippen LogP contribution is 2.35. The third-order valence-corrected chi connectivity index (χ3v) is 5.65. The van der Waals surface area contributed by atoms with Gasteiger partial charge in [0.05, 0.1) is 0 Å². The van der Waals surface area contributed by atoms with E-state index < -0.39 is 0 Å². The van der Waals surface area contributed by atoms with Crippen molar-refractivity contribution in [2.75, 3.05) is 10.5 Å². The molecule has 2 rings (SSSR count). The molecule has 5 heteroatoms. The molecule has 158 valence electrons. The predicted octanol–water partition coefficient (Wildman–Crippen LogP) is 7.43.